The fraction of sp³-hybridized carbons (Fsp3) is 0.395. The van der Waals surface area contributed by atoms with Crippen molar-refractivity contribution in [3.63, 3.8) is 0 Å². The lowest BCUT2D eigenvalue weighted by molar-refractivity contribution is -0.209. The fourth-order valence-corrected chi connectivity index (χ4v) is 7.69. The second-order valence-corrected chi connectivity index (χ2v) is 15.2. The quantitative estimate of drug-likeness (QED) is 0.0450. The summed E-state index contributed by atoms with van der Waals surface area (Å²) in [6, 6.07) is 20.0. The van der Waals surface area contributed by atoms with Crippen molar-refractivity contribution in [2.75, 3.05) is 25.5 Å². The smallest absolute Gasteiger partial charge is 0.246 e. The maximum atomic E-state index is 13.8. The molecule has 57 heavy (non-hydrogen) atoms. The van der Waals surface area contributed by atoms with Crippen LogP contribution in [0, 0.1) is 24.0 Å². The van der Waals surface area contributed by atoms with Gasteiger partial charge >= 0.3 is 0 Å². The van der Waals surface area contributed by atoms with Crippen LogP contribution in [0.2, 0.25) is 0 Å². The Kier molecular flexibility index (Phi) is 12.1. The Morgan fingerprint density at radius 3 is 1.67 bits per heavy atom. The molecule has 14 heteroatoms. The molecule has 5 aromatic rings. The Morgan fingerprint density at radius 2 is 1.19 bits per heavy atom. The van der Waals surface area contributed by atoms with Gasteiger partial charge in [-0.2, -0.15) is 4.89 Å². The highest BCUT2D eigenvalue weighted by atomic mass is 17.2. The van der Waals surface area contributed by atoms with E-state index in [1.54, 1.807) is 18.5 Å². The summed E-state index contributed by atoms with van der Waals surface area (Å²) in [5.74, 6) is 2.09. The van der Waals surface area contributed by atoms with Crippen molar-refractivity contribution >= 4 is 17.8 Å². The topological polar surface area (TPSA) is 166 Å². The second-order valence-electron chi connectivity index (χ2n) is 15.2. The molecule has 2 aliphatic rings. The van der Waals surface area contributed by atoms with E-state index in [1.165, 1.54) is 7.11 Å². The number of H-pyrrole nitrogens is 2. The van der Waals surface area contributed by atoms with E-state index in [9.17, 15) is 9.59 Å². The van der Waals surface area contributed by atoms with E-state index < -0.39 is 12.1 Å². The molecule has 2 aliphatic heterocycles. The summed E-state index contributed by atoms with van der Waals surface area (Å²) in [6.07, 6.45) is 12.9. The monoisotopic (exact) mass is 770 g/mol. The number of nitrogens with zero attached hydrogens (tertiary/aromatic N) is 6. The standard InChI is InChI=1S/C43H50N10O4/c1-27(2)37(44-21-24-57-56-5)41(54)52-22-6-9-35(52)39-47-25-33(49-39)31-15-11-29(12-16-31)30-13-17-32(18-14-30)34-26-48-40(50-34)36-10-7-23-53(36)42(55)38(28(3)4)51-43-45-19-8-20-46-43/h8,11-20,25-28,35-38,44H,6-7,9-10,22-23H2,1-5H3,(H,47,49)(H,48,50)(H,45,46,51)/t35-,36-,37+,38-/m0/s1. The van der Waals surface area contributed by atoms with Crippen molar-refractivity contribution in [1.82, 2.24) is 45.0 Å². The van der Waals surface area contributed by atoms with E-state index in [2.05, 4.69) is 101 Å². The maximum Gasteiger partial charge on any atom is 0.246 e. The SMILES string of the molecule is COOC#CN[C@@H](C(=O)N1CCC[C@H]1c1ncc(-c2ccc(-c3ccc(-c4cnc([C@@H]5CCCN5C(=O)[C@@H](Nc5ncccn5)C(C)C)[nH]4)cc3)cc2)[nH]1)C(C)C. The first-order valence-electron chi connectivity index (χ1n) is 19.6. The van der Waals surface area contributed by atoms with Crippen molar-refractivity contribution < 1.29 is 19.4 Å². The highest BCUT2D eigenvalue weighted by Gasteiger charge is 2.38. The van der Waals surface area contributed by atoms with Gasteiger partial charge in [0.15, 0.2) is 6.11 Å². The van der Waals surface area contributed by atoms with Gasteiger partial charge < -0.3 is 30.4 Å². The number of anilines is 1. The van der Waals surface area contributed by atoms with Gasteiger partial charge in [0.25, 0.3) is 0 Å². The molecule has 3 aromatic heterocycles. The number of nitrogens with one attached hydrogen (secondary N) is 4. The van der Waals surface area contributed by atoms with Crippen molar-refractivity contribution in [1.29, 1.82) is 0 Å². The predicted molar refractivity (Wildman–Crippen MR) is 216 cm³/mol. The summed E-state index contributed by atoms with van der Waals surface area (Å²) in [6.45, 7) is 9.36. The molecule has 2 saturated heterocycles. The number of amides is 2. The third-order valence-corrected chi connectivity index (χ3v) is 10.7. The molecule has 7 rings (SSSR count). The first-order valence-corrected chi connectivity index (χ1v) is 19.6. The van der Waals surface area contributed by atoms with E-state index in [4.69, 9.17) is 9.97 Å². The number of imidazole rings is 2. The first-order chi connectivity index (χ1) is 27.7. The summed E-state index contributed by atoms with van der Waals surface area (Å²) in [5.41, 5.74) is 6.00. The predicted octanol–water partition coefficient (Wildman–Crippen LogP) is 6.50. The zero-order valence-electron chi connectivity index (χ0n) is 33.0. The van der Waals surface area contributed by atoms with E-state index >= 15 is 0 Å². The van der Waals surface area contributed by atoms with E-state index in [1.807, 2.05) is 49.9 Å². The number of carbonyl (C=O) groups is 2. The fourth-order valence-electron chi connectivity index (χ4n) is 7.69. The highest BCUT2D eigenvalue weighted by molar-refractivity contribution is 5.85. The van der Waals surface area contributed by atoms with E-state index in [0.717, 1.165) is 71.0 Å². The summed E-state index contributed by atoms with van der Waals surface area (Å²) >= 11 is 0. The Balaban J connectivity index is 0.990. The van der Waals surface area contributed by atoms with Crippen LogP contribution in [-0.2, 0) is 19.4 Å². The number of likely N-dealkylation sites (tertiary alicyclic amines) is 2. The third kappa shape index (κ3) is 8.79. The molecule has 0 spiro atoms. The van der Waals surface area contributed by atoms with Crippen LogP contribution in [0.1, 0.15) is 77.1 Å². The lowest BCUT2D eigenvalue weighted by Gasteiger charge is -2.30. The molecule has 0 bridgehead atoms. The number of benzene rings is 2. The van der Waals surface area contributed by atoms with Crippen LogP contribution < -0.4 is 10.6 Å². The molecule has 0 saturated carbocycles. The molecule has 0 unspecified atom stereocenters. The van der Waals surface area contributed by atoms with Crippen LogP contribution in [0.3, 0.4) is 0 Å². The Hall–Kier alpha value is -6.20. The van der Waals surface area contributed by atoms with Gasteiger partial charge in [0.1, 0.15) is 23.7 Å². The average Bonchev–Trinajstić information content (AvgIpc) is 4.07. The molecule has 14 nitrogen and oxygen atoms in total. The van der Waals surface area contributed by atoms with Crippen LogP contribution in [-0.4, -0.2) is 83.8 Å². The van der Waals surface area contributed by atoms with Crippen molar-refractivity contribution in [2.24, 2.45) is 11.8 Å². The molecule has 5 heterocycles. The van der Waals surface area contributed by atoms with Crippen LogP contribution in [0.25, 0.3) is 33.6 Å². The van der Waals surface area contributed by atoms with Crippen molar-refractivity contribution in [3.05, 3.63) is 91.0 Å². The van der Waals surface area contributed by atoms with Gasteiger partial charge in [-0.15, -0.1) is 0 Å². The Labute approximate surface area is 333 Å². The Morgan fingerprint density at radius 1 is 0.719 bits per heavy atom. The van der Waals surface area contributed by atoms with Crippen LogP contribution in [0.4, 0.5) is 5.95 Å². The molecule has 4 N–H and O–H groups in total. The zero-order valence-corrected chi connectivity index (χ0v) is 33.0. The molecular weight excluding hydrogens is 721 g/mol. The summed E-state index contributed by atoms with van der Waals surface area (Å²) in [4.78, 5) is 65.4. The number of hydrogen-bond donors (Lipinski definition) is 4. The molecule has 2 aromatic carbocycles. The number of aromatic nitrogens is 6. The molecule has 0 radical (unpaired) electrons. The van der Waals surface area contributed by atoms with Gasteiger partial charge in [-0.1, -0.05) is 76.2 Å². The second kappa shape index (κ2) is 17.7. The first kappa shape index (κ1) is 39.1. The zero-order chi connectivity index (χ0) is 39.9. The highest BCUT2D eigenvalue weighted by Crippen LogP contribution is 2.35. The van der Waals surface area contributed by atoms with Gasteiger partial charge in [-0.3, -0.25) is 14.5 Å². The minimum absolute atomic E-state index is 0.0172. The van der Waals surface area contributed by atoms with E-state index in [0.29, 0.717) is 19.0 Å². The van der Waals surface area contributed by atoms with Crippen molar-refractivity contribution in [2.45, 2.75) is 77.5 Å². The van der Waals surface area contributed by atoms with Gasteiger partial charge in [0.2, 0.25) is 17.8 Å². The summed E-state index contributed by atoms with van der Waals surface area (Å²) in [7, 11) is 1.37. The molecule has 2 fully saturated rings. The number of hydrogen-bond acceptors (Lipinski definition) is 10. The molecule has 4 atom stereocenters. The van der Waals surface area contributed by atoms with Crippen LogP contribution in [0.5, 0.6) is 0 Å². The largest absolute Gasteiger partial charge is 0.342 e. The number of carbonyl (C=O) groups excluding carboxylic acids is 2. The van der Waals surface area contributed by atoms with Gasteiger partial charge in [-0.05, 0) is 65.8 Å². The Bertz CT molecular complexity index is 2170. The molecule has 296 valence electrons. The van der Waals surface area contributed by atoms with Crippen molar-refractivity contribution in [3.8, 4) is 45.8 Å². The maximum absolute atomic E-state index is 13.8. The normalized spacial score (nSPS) is 17.7. The lowest BCUT2D eigenvalue weighted by Crippen LogP contribution is -2.47. The number of aromatic amines is 2. The molecule has 0 aliphatic carbocycles. The molecular formula is C43H50N10O4. The average molecular weight is 771 g/mol. The van der Waals surface area contributed by atoms with Crippen LogP contribution >= 0.6 is 0 Å². The minimum atomic E-state index is -0.491. The third-order valence-electron chi connectivity index (χ3n) is 10.7. The van der Waals surface area contributed by atoms with Crippen LogP contribution in [0.15, 0.2) is 79.4 Å². The number of rotatable bonds is 13. The minimum Gasteiger partial charge on any atom is -0.342 e. The lowest BCUT2D eigenvalue weighted by atomic mass is 10.0. The van der Waals surface area contributed by atoms with Gasteiger partial charge in [0.05, 0.1) is 49.0 Å². The van der Waals surface area contributed by atoms with Gasteiger partial charge in [-0.25, -0.2) is 19.9 Å². The molecule has 2 amide bonds. The van der Waals surface area contributed by atoms with E-state index in [-0.39, 0.29) is 35.7 Å². The van der Waals surface area contributed by atoms with Gasteiger partial charge in [0, 0.05) is 25.5 Å². The summed E-state index contributed by atoms with van der Waals surface area (Å²) < 4.78 is 0. The summed E-state index contributed by atoms with van der Waals surface area (Å²) in [5, 5.41) is 6.23.